The summed E-state index contributed by atoms with van der Waals surface area (Å²) < 4.78 is 1.97. The molecule has 0 aliphatic rings. The molecule has 134 valence electrons. The van der Waals surface area contributed by atoms with Crippen molar-refractivity contribution in [2.24, 2.45) is 18.0 Å². The van der Waals surface area contributed by atoms with Crippen molar-refractivity contribution in [3.05, 3.63) is 11.6 Å². The van der Waals surface area contributed by atoms with Gasteiger partial charge in [0, 0.05) is 19.6 Å². The third kappa shape index (κ3) is 8.53. The molecule has 0 aliphatic heterocycles. The highest BCUT2D eigenvalue weighted by Crippen LogP contribution is 2.08. The van der Waals surface area contributed by atoms with Crippen molar-refractivity contribution < 1.29 is 0 Å². The number of nitrogens with zero attached hydrogens (tertiary/aromatic N) is 4. The average Bonchev–Trinajstić information content (AvgIpc) is 2.76. The summed E-state index contributed by atoms with van der Waals surface area (Å²) >= 11 is 0. The molecule has 0 bridgehead atoms. The molecule has 0 amide bonds. The number of hydrogen-bond donors (Lipinski definition) is 2. The van der Waals surface area contributed by atoms with Crippen LogP contribution in [0.1, 0.15) is 58.6 Å². The number of aromatic nitrogens is 3. The van der Waals surface area contributed by atoms with Gasteiger partial charge in [-0.2, -0.15) is 0 Å². The zero-order chi connectivity index (χ0) is 16.5. The lowest BCUT2D eigenvalue weighted by Crippen LogP contribution is -2.42. The van der Waals surface area contributed by atoms with Crippen LogP contribution in [0, 0.1) is 12.8 Å². The summed E-state index contributed by atoms with van der Waals surface area (Å²) in [6, 6.07) is 0.415. The first-order chi connectivity index (χ1) is 10.4. The number of halogens is 1. The first kappa shape index (κ1) is 22.1. The Morgan fingerprint density at radius 2 is 1.91 bits per heavy atom. The van der Waals surface area contributed by atoms with E-state index in [1.54, 1.807) is 0 Å². The van der Waals surface area contributed by atoms with E-state index in [-0.39, 0.29) is 24.0 Å². The Hall–Kier alpha value is -0.860. The van der Waals surface area contributed by atoms with Crippen LogP contribution < -0.4 is 10.6 Å². The Kier molecular flexibility index (Phi) is 11.2. The van der Waals surface area contributed by atoms with Crippen LogP contribution in [0.2, 0.25) is 0 Å². The van der Waals surface area contributed by atoms with Crippen molar-refractivity contribution in [1.29, 1.82) is 0 Å². The van der Waals surface area contributed by atoms with E-state index in [9.17, 15) is 0 Å². The Morgan fingerprint density at radius 1 is 1.22 bits per heavy atom. The van der Waals surface area contributed by atoms with Gasteiger partial charge in [0.2, 0.25) is 0 Å². The first-order valence-electron chi connectivity index (χ1n) is 8.33. The van der Waals surface area contributed by atoms with E-state index in [2.05, 4.69) is 53.5 Å². The minimum Gasteiger partial charge on any atom is -0.357 e. The fraction of sp³-hybridized carbons (Fsp3) is 0.812. The molecule has 1 rings (SSSR count). The predicted molar refractivity (Wildman–Crippen MR) is 107 cm³/mol. The van der Waals surface area contributed by atoms with Gasteiger partial charge in [-0.25, -0.2) is 4.99 Å². The van der Waals surface area contributed by atoms with Gasteiger partial charge in [0.1, 0.15) is 12.4 Å². The third-order valence-corrected chi connectivity index (χ3v) is 3.71. The Morgan fingerprint density at radius 3 is 2.43 bits per heavy atom. The maximum atomic E-state index is 4.61. The Bertz CT molecular complexity index is 469. The van der Waals surface area contributed by atoms with Crippen LogP contribution in [0.5, 0.6) is 0 Å². The van der Waals surface area contributed by atoms with Gasteiger partial charge in [-0.15, -0.1) is 34.2 Å². The summed E-state index contributed by atoms with van der Waals surface area (Å²) in [5, 5.41) is 15.0. The summed E-state index contributed by atoms with van der Waals surface area (Å²) in [4.78, 5) is 4.61. The lowest BCUT2D eigenvalue weighted by atomic mass is 10.0. The molecule has 0 saturated carbocycles. The van der Waals surface area contributed by atoms with Gasteiger partial charge in [-0.3, -0.25) is 0 Å². The average molecular weight is 436 g/mol. The van der Waals surface area contributed by atoms with Crippen LogP contribution in [-0.4, -0.2) is 33.3 Å². The van der Waals surface area contributed by atoms with E-state index in [4.69, 9.17) is 0 Å². The van der Waals surface area contributed by atoms with Crippen LogP contribution in [0.3, 0.4) is 0 Å². The molecule has 0 spiro atoms. The molecular weight excluding hydrogens is 403 g/mol. The molecule has 7 heteroatoms. The highest BCUT2D eigenvalue weighted by Gasteiger charge is 2.08. The summed E-state index contributed by atoms with van der Waals surface area (Å²) in [6.45, 7) is 12.2. The zero-order valence-electron chi connectivity index (χ0n) is 15.4. The van der Waals surface area contributed by atoms with Crippen molar-refractivity contribution >= 4 is 29.9 Å². The number of aryl methyl sites for hydroxylation is 1. The summed E-state index contributed by atoms with van der Waals surface area (Å²) in [7, 11) is 1.97. The largest absolute Gasteiger partial charge is 0.357 e. The second kappa shape index (κ2) is 11.6. The lowest BCUT2D eigenvalue weighted by Gasteiger charge is -2.18. The van der Waals surface area contributed by atoms with Crippen LogP contribution in [-0.2, 0) is 13.6 Å². The molecule has 0 saturated heterocycles. The third-order valence-electron chi connectivity index (χ3n) is 3.71. The van der Waals surface area contributed by atoms with Crippen LogP contribution in [0.15, 0.2) is 4.99 Å². The SMILES string of the molecule is CCNC(=NCc1nnc(C)n1C)NC(C)CCCC(C)C.I. The van der Waals surface area contributed by atoms with E-state index in [0.29, 0.717) is 12.6 Å². The summed E-state index contributed by atoms with van der Waals surface area (Å²) in [6.07, 6.45) is 3.68. The number of hydrogen-bond acceptors (Lipinski definition) is 3. The van der Waals surface area contributed by atoms with Crippen LogP contribution >= 0.6 is 24.0 Å². The highest BCUT2D eigenvalue weighted by atomic mass is 127. The highest BCUT2D eigenvalue weighted by molar-refractivity contribution is 14.0. The van der Waals surface area contributed by atoms with Gasteiger partial charge in [-0.1, -0.05) is 26.7 Å². The van der Waals surface area contributed by atoms with Gasteiger partial charge in [0.05, 0.1) is 0 Å². The van der Waals surface area contributed by atoms with Gasteiger partial charge < -0.3 is 15.2 Å². The Labute approximate surface area is 158 Å². The van der Waals surface area contributed by atoms with Crippen molar-refractivity contribution in [2.45, 2.75) is 66.5 Å². The molecule has 1 aromatic heterocycles. The molecule has 23 heavy (non-hydrogen) atoms. The molecule has 1 unspecified atom stereocenters. The monoisotopic (exact) mass is 436 g/mol. The van der Waals surface area contributed by atoms with E-state index in [1.165, 1.54) is 12.8 Å². The quantitative estimate of drug-likeness (QED) is 0.374. The second-order valence-electron chi connectivity index (χ2n) is 6.29. The number of aliphatic imine (C=N–C) groups is 1. The maximum Gasteiger partial charge on any atom is 0.191 e. The van der Waals surface area contributed by atoms with E-state index in [0.717, 1.165) is 36.5 Å². The van der Waals surface area contributed by atoms with Gasteiger partial charge in [-0.05, 0) is 33.1 Å². The van der Waals surface area contributed by atoms with Crippen molar-refractivity contribution in [3.8, 4) is 0 Å². The minimum atomic E-state index is 0. The second-order valence-corrected chi connectivity index (χ2v) is 6.29. The smallest absolute Gasteiger partial charge is 0.191 e. The molecule has 6 nitrogen and oxygen atoms in total. The predicted octanol–water partition coefficient (Wildman–Crippen LogP) is 3.01. The summed E-state index contributed by atoms with van der Waals surface area (Å²) in [5.41, 5.74) is 0. The molecule has 1 aromatic rings. The normalized spacial score (nSPS) is 12.9. The van der Waals surface area contributed by atoms with Crippen LogP contribution in [0.4, 0.5) is 0 Å². The first-order valence-corrected chi connectivity index (χ1v) is 8.33. The topological polar surface area (TPSA) is 67.1 Å². The minimum absolute atomic E-state index is 0. The molecule has 0 fully saturated rings. The standard InChI is InChI=1S/C16H32N6.HI/c1-7-17-16(19-13(4)10-8-9-12(2)3)18-11-15-21-20-14(5)22(15)6;/h12-13H,7-11H2,1-6H3,(H2,17,18,19);1H. The van der Waals surface area contributed by atoms with E-state index >= 15 is 0 Å². The number of nitrogens with one attached hydrogen (secondary N) is 2. The van der Waals surface area contributed by atoms with Crippen molar-refractivity contribution in [3.63, 3.8) is 0 Å². The maximum absolute atomic E-state index is 4.61. The molecule has 2 N–H and O–H groups in total. The lowest BCUT2D eigenvalue weighted by molar-refractivity contribution is 0.491. The van der Waals surface area contributed by atoms with E-state index < -0.39 is 0 Å². The van der Waals surface area contributed by atoms with Crippen LogP contribution in [0.25, 0.3) is 0 Å². The molecule has 1 atom stereocenters. The molecule has 0 aromatic carbocycles. The van der Waals surface area contributed by atoms with Gasteiger partial charge >= 0.3 is 0 Å². The summed E-state index contributed by atoms with van der Waals surface area (Å²) in [5.74, 6) is 3.40. The molecule has 0 radical (unpaired) electrons. The number of rotatable bonds is 8. The fourth-order valence-corrected chi connectivity index (χ4v) is 2.20. The van der Waals surface area contributed by atoms with Gasteiger partial charge in [0.15, 0.2) is 11.8 Å². The zero-order valence-corrected chi connectivity index (χ0v) is 17.7. The van der Waals surface area contributed by atoms with Gasteiger partial charge in [0.25, 0.3) is 0 Å². The molecule has 0 aliphatic carbocycles. The molecular formula is C16H33IN6. The molecule has 1 heterocycles. The Balaban J connectivity index is 0.00000484. The van der Waals surface area contributed by atoms with Crippen molar-refractivity contribution in [2.75, 3.05) is 6.54 Å². The fourth-order valence-electron chi connectivity index (χ4n) is 2.20. The van der Waals surface area contributed by atoms with Crippen molar-refractivity contribution in [1.82, 2.24) is 25.4 Å². The number of guanidine groups is 1. The van der Waals surface area contributed by atoms with E-state index in [1.807, 2.05) is 18.5 Å².